The third-order valence-electron chi connectivity index (χ3n) is 19.6. The maximum Gasteiger partial charge on any atom is 0.416 e. The number of fused-ring (bicyclic) bond motifs is 8. The second-order valence-electron chi connectivity index (χ2n) is 29.4. The summed E-state index contributed by atoms with van der Waals surface area (Å²) in [6.07, 6.45) is -29.9. The number of hydrogen-bond acceptors (Lipinski definition) is 32. The Morgan fingerprint density at radius 2 is 0.531 bits per heavy atom. The van der Waals surface area contributed by atoms with Crippen molar-refractivity contribution in [1.82, 2.24) is 19.9 Å². The number of benzene rings is 4. The molecule has 9 unspecified atom stereocenters. The van der Waals surface area contributed by atoms with Gasteiger partial charge in [0.15, 0.2) is 36.6 Å². The summed E-state index contributed by atoms with van der Waals surface area (Å²) in [4.78, 5) is 170. The van der Waals surface area contributed by atoms with E-state index in [1.54, 1.807) is 42.5 Å². The second kappa shape index (κ2) is 39.3. The number of hydrogen-bond donors (Lipinski definition) is 2. The van der Waals surface area contributed by atoms with E-state index in [-0.39, 0.29) is 107 Å². The van der Waals surface area contributed by atoms with Crippen molar-refractivity contribution in [3.8, 4) is 61.8 Å². The van der Waals surface area contributed by atoms with Gasteiger partial charge in [0.05, 0.1) is 33.9 Å². The van der Waals surface area contributed by atoms with E-state index < -0.39 is 213 Å². The number of halogens is 6. The smallest absolute Gasteiger partial charge is 0.416 e. The first-order valence-electron chi connectivity index (χ1n) is 39.2. The van der Waals surface area contributed by atoms with Crippen LogP contribution in [0, 0.1) is 0 Å². The molecule has 40 heteroatoms. The Labute approximate surface area is 722 Å². The molecule has 12 rings (SSSR count). The van der Waals surface area contributed by atoms with Gasteiger partial charge in [-0.2, -0.15) is 26.3 Å². The predicted octanol–water partition coefficient (Wildman–Crippen LogP) is 11.7. The number of aromatic amines is 2. The average Bonchev–Trinajstić information content (AvgIpc) is 1.64. The second-order valence-corrected chi connectivity index (χ2v) is 29.4. The molecule has 3 aromatic heterocycles. The molecular weight excluding hydrogens is 1710 g/mol. The quantitative estimate of drug-likeness (QED) is 0.0305. The molecule has 0 saturated carbocycles. The zero-order valence-electron chi connectivity index (χ0n) is 70.0. The Morgan fingerprint density at radius 3 is 0.766 bits per heavy atom. The van der Waals surface area contributed by atoms with Crippen LogP contribution in [0.2, 0.25) is 0 Å². The van der Waals surface area contributed by atoms with Crippen LogP contribution in [0.1, 0.15) is 117 Å². The van der Waals surface area contributed by atoms with Crippen molar-refractivity contribution in [2.24, 2.45) is 0 Å². The predicted molar refractivity (Wildman–Crippen MR) is 428 cm³/mol. The van der Waals surface area contributed by atoms with Gasteiger partial charge >= 0.3 is 84.0 Å². The lowest BCUT2D eigenvalue weighted by atomic mass is 9.98. The van der Waals surface area contributed by atoms with Gasteiger partial charge in [-0.15, -0.1) is 0 Å². The first kappa shape index (κ1) is 93.1. The summed E-state index contributed by atoms with van der Waals surface area (Å²) in [5.41, 5.74) is -3.40. The Bertz CT molecular complexity index is 5590. The molecule has 128 heavy (non-hydrogen) atoms. The number of carbonyl (C=O) groups is 12. The molecular formula is C88H82F6N4O30. The van der Waals surface area contributed by atoms with Crippen LogP contribution in [0.3, 0.4) is 0 Å². The molecule has 8 heterocycles. The molecule has 3 fully saturated rings. The summed E-state index contributed by atoms with van der Waals surface area (Å²) in [5, 5.41) is 0. The van der Waals surface area contributed by atoms with Gasteiger partial charge in [-0.05, 0) is 125 Å². The Hall–Kier alpha value is -14.0. The first-order valence-corrected chi connectivity index (χ1v) is 39.2. The molecule has 676 valence electrons. The van der Waals surface area contributed by atoms with Gasteiger partial charge in [-0.25, -0.2) is 9.97 Å². The van der Waals surface area contributed by atoms with Crippen molar-refractivity contribution in [3.63, 3.8) is 0 Å². The first-order chi connectivity index (χ1) is 60.5. The molecule has 5 aliphatic rings. The molecule has 0 amide bonds. The number of nitrogens with one attached hydrogen (secondary N) is 2. The number of H-pyrrole nitrogens is 2. The summed E-state index contributed by atoms with van der Waals surface area (Å²) in [6, 6.07) is 24.8. The molecule has 0 aliphatic carbocycles. The van der Waals surface area contributed by atoms with E-state index in [2.05, 4.69) is 9.97 Å². The maximum absolute atomic E-state index is 15.3. The van der Waals surface area contributed by atoms with Crippen molar-refractivity contribution < 1.29 is 169 Å². The highest BCUT2D eigenvalue weighted by atomic mass is 19.4. The Morgan fingerprint density at radius 1 is 0.297 bits per heavy atom. The number of ether oxygens (including phenoxy) is 18. The summed E-state index contributed by atoms with van der Waals surface area (Å²) in [5.74, 6) is -11.3. The summed E-state index contributed by atoms with van der Waals surface area (Å²) in [7, 11) is 0. The molecule has 0 radical (unpaired) electrons. The highest BCUT2D eigenvalue weighted by Gasteiger charge is 2.57. The summed E-state index contributed by atoms with van der Waals surface area (Å²) < 4.78 is 197. The van der Waals surface area contributed by atoms with E-state index in [9.17, 15) is 57.5 Å². The lowest BCUT2D eigenvalue weighted by Crippen LogP contribution is -2.63. The number of aromatic nitrogens is 4. The van der Waals surface area contributed by atoms with Crippen molar-refractivity contribution in [3.05, 3.63) is 149 Å². The minimum Gasteiger partial charge on any atom is -0.463 e. The normalized spacial score (nSPS) is 22.4. The number of alkyl halides is 6. The van der Waals surface area contributed by atoms with Crippen LogP contribution < -0.4 is 14.2 Å². The van der Waals surface area contributed by atoms with E-state index >= 15 is 26.3 Å². The molecule has 34 nitrogen and oxygen atoms in total. The van der Waals surface area contributed by atoms with Gasteiger partial charge in [0.1, 0.15) is 55.4 Å². The fraction of sp³-hybridized carbons (Fsp3) is 0.364. The van der Waals surface area contributed by atoms with E-state index in [0.717, 1.165) is 83.1 Å². The van der Waals surface area contributed by atoms with Crippen molar-refractivity contribution in [2.75, 3.05) is 19.8 Å². The van der Waals surface area contributed by atoms with E-state index in [1.165, 1.54) is 78.9 Å². The van der Waals surface area contributed by atoms with Crippen molar-refractivity contribution in [1.29, 1.82) is 0 Å². The van der Waals surface area contributed by atoms with Gasteiger partial charge in [0, 0.05) is 127 Å². The fourth-order valence-corrected chi connectivity index (χ4v) is 14.9. The minimum absolute atomic E-state index is 0.0400. The van der Waals surface area contributed by atoms with E-state index in [0.29, 0.717) is 12.1 Å². The largest absolute Gasteiger partial charge is 0.463 e. The van der Waals surface area contributed by atoms with Crippen LogP contribution in [-0.4, -0.2) is 204 Å². The summed E-state index contributed by atoms with van der Waals surface area (Å²) >= 11 is 0. The Balaban J connectivity index is 1.13. The molecule has 5 aliphatic heterocycles. The third-order valence-corrected chi connectivity index (χ3v) is 19.6. The van der Waals surface area contributed by atoms with Gasteiger partial charge < -0.3 is 95.2 Å². The lowest BCUT2D eigenvalue weighted by molar-refractivity contribution is -0.288. The van der Waals surface area contributed by atoms with Crippen LogP contribution in [0.4, 0.5) is 26.3 Å². The van der Waals surface area contributed by atoms with E-state index in [1.807, 2.05) is 0 Å². The molecule has 3 saturated heterocycles. The van der Waals surface area contributed by atoms with Gasteiger partial charge in [-0.3, -0.25) is 57.5 Å². The molecule has 15 atom stereocenters. The number of nitrogens with zero attached hydrogens (tertiary/aromatic N) is 2. The Kier molecular flexibility index (Phi) is 28.6. The topological polar surface area (TPSA) is 428 Å². The van der Waals surface area contributed by atoms with E-state index in [4.69, 9.17) is 95.2 Å². The van der Waals surface area contributed by atoms with Gasteiger partial charge in [-0.1, -0.05) is 36.4 Å². The zero-order chi connectivity index (χ0) is 92.7. The highest BCUT2D eigenvalue weighted by Crippen LogP contribution is 2.46. The highest BCUT2D eigenvalue weighted by molar-refractivity contribution is 6.00. The summed E-state index contributed by atoms with van der Waals surface area (Å²) in [6.45, 7) is 10.5. The average molecular weight is 1790 g/mol. The van der Waals surface area contributed by atoms with Crippen LogP contribution >= 0.6 is 0 Å². The molecule has 7 aromatic rings. The number of rotatable bonds is 25. The van der Waals surface area contributed by atoms with Crippen LogP contribution in [0.25, 0.3) is 90.9 Å². The fourth-order valence-electron chi connectivity index (χ4n) is 14.9. The van der Waals surface area contributed by atoms with Crippen LogP contribution in [-0.2, 0) is 141 Å². The monoisotopic (exact) mass is 1790 g/mol. The van der Waals surface area contributed by atoms with Crippen LogP contribution in [0.5, 0.6) is 17.2 Å². The number of esters is 12. The van der Waals surface area contributed by atoms with Crippen molar-refractivity contribution in [2.45, 2.75) is 188 Å². The zero-order valence-corrected chi connectivity index (χ0v) is 70.0. The molecule has 0 spiro atoms. The number of carbonyl (C=O) groups excluding carboxylic acids is 12. The van der Waals surface area contributed by atoms with Gasteiger partial charge in [0.2, 0.25) is 37.2 Å². The molecule has 2 N–H and O–H groups in total. The molecule has 4 aromatic carbocycles. The third kappa shape index (κ3) is 22.6. The van der Waals surface area contributed by atoms with Crippen LogP contribution in [0.15, 0.2) is 115 Å². The van der Waals surface area contributed by atoms with Crippen molar-refractivity contribution >= 4 is 118 Å². The maximum atomic E-state index is 15.3. The lowest BCUT2D eigenvalue weighted by Gasteiger charge is -2.43. The minimum atomic E-state index is -5.40. The SMILES string of the molecule is CC(=O)OCC1O[C@@H](Oc2cccc(-c3c4nc(c(-c5cccc(O[C@@H]6OC(COC(C)=O)[C@H](OC(C)=O)C(OC(C)=O)C6OC(C)=O)c5)c5ccc([nH]5)c(-c5cc(C(F)(F)F)cc(C(F)(F)F)c5)c5nc(c(-c6cccc(O[C@@H]7OC(COC(C)=O)[C@H](OC(C)=O)C(OC(C)=O)C7OC(C)=O)c6)c6ccc3[nH]6)C=C5)C=C4)c2)C(OC(C)=O)C(OC(C)=O)[C@H]1OC(C)=O. The van der Waals surface area contributed by atoms with Gasteiger partial charge in [0.25, 0.3) is 0 Å². The standard InChI is InChI=1S/C88H82F6N4O30/c1-39(99)111-36-68-75(114-42(4)102)78(117-45(7)105)81(120-48(10)108)84(126-68)123-57-19-13-16-51(32-57)71-60-22-24-62(95-60)72(52-17-14-20-58(33-52)124-85-82(121-49(11)109)79(118-46(8)106)76(115-43(5)103)69(127-85)37-112-40(2)100)64-26-28-66(97-64)74(54-30-55(87(89,90)91)35-56(31-54)88(92,93)94)67-29-27-65(98-67)73(63-25-23-61(71)96-63)53-18-15-21-59(34-53)125-86-83(122-50(12)110)80(119-47(9)107)77(116-44(6)104)70(128-86)38-113-41(3)101/h13-35,68-70,75-86,95,98H,36-38H2,1-12H3/t68?,69?,70?,75-,76-,77-,78?,79?,80?,81?,82?,83?,84+,85+,86+/m0/s1. The molecule has 8 bridgehead atoms.